The molecule has 0 heterocycles. The van der Waals surface area contributed by atoms with E-state index in [4.69, 9.17) is 37.4 Å². The quantitative estimate of drug-likeness (QED) is 0.392. The molecule has 0 aromatic heterocycles. The van der Waals surface area contributed by atoms with Crippen molar-refractivity contribution in [1.82, 2.24) is 4.72 Å². The van der Waals surface area contributed by atoms with Crippen LogP contribution in [0.5, 0.6) is 17.2 Å². The minimum atomic E-state index is -4.13. The van der Waals surface area contributed by atoms with Gasteiger partial charge in [-0.05, 0) is 30.2 Å². The highest BCUT2D eigenvalue weighted by atomic mass is 35.5. The summed E-state index contributed by atoms with van der Waals surface area (Å²) in [6, 6.07) is 14.9. The van der Waals surface area contributed by atoms with Gasteiger partial charge in [-0.3, -0.25) is 4.79 Å². The number of carbonyl (C=O) groups excluding carboxylic acids is 1. The van der Waals surface area contributed by atoms with E-state index < -0.39 is 22.0 Å². The Morgan fingerprint density at radius 3 is 2.09 bits per heavy atom. The van der Waals surface area contributed by atoms with Crippen LogP contribution in [0.15, 0.2) is 65.6 Å². The topological polar surface area (TPSA) is 103 Å². The number of methoxy groups -OCH3 is 3. The van der Waals surface area contributed by atoms with E-state index in [-0.39, 0.29) is 27.8 Å². The molecule has 35 heavy (non-hydrogen) atoms. The Labute approximate surface area is 214 Å². The summed E-state index contributed by atoms with van der Waals surface area (Å²) in [5.74, 6) is 0.316. The maximum atomic E-state index is 13.3. The summed E-state index contributed by atoms with van der Waals surface area (Å²) in [7, 11) is 0.155. The first-order valence-corrected chi connectivity index (χ1v) is 12.5. The lowest BCUT2D eigenvalue weighted by molar-refractivity contribution is -0.117. The third kappa shape index (κ3) is 6.58. The summed E-state index contributed by atoms with van der Waals surface area (Å²) in [6.07, 6.45) is 0.0861. The molecule has 0 radical (unpaired) electrons. The molecule has 0 fully saturated rings. The smallest absolute Gasteiger partial charge is 0.243 e. The molecule has 8 nitrogen and oxygen atoms in total. The van der Waals surface area contributed by atoms with Gasteiger partial charge in [0.2, 0.25) is 15.9 Å². The van der Waals surface area contributed by atoms with Crippen molar-refractivity contribution < 1.29 is 27.4 Å². The Morgan fingerprint density at radius 2 is 1.49 bits per heavy atom. The molecular weight excluding hydrogens is 515 g/mol. The maximum Gasteiger partial charge on any atom is 0.243 e. The van der Waals surface area contributed by atoms with Gasteiger partial charge in [0.1, 0.15) is 23.3 Å². The second kappa shape index (κ2) is 11.6. The zero-order valence-corrected chi connectivity index (χ0v) is 21.5. The number of hydrogen-bond acceptors (Lipinski definition) is 6. The second-order valence-electron chi connectivity index (χ2n) is 7.34. The van der Waals surface area contributed by atoms with Gasteiger partial charge in [-0.15, -0.1) is 0 Å². The number of rotatable bonds is 10. The van der Waals surface area contributed by atoms with E-state index in [1.165, 1.54) is 51.7 Å². The van der Waals surface area contributed by atoms with Crippen molar-refractivity contribution in [2.24, 2.45) is 0 Å². The third-order valence-corrected chi connectivity index (χ3v) is 7.12. The number of amides is 1. The number of carbonyl (C=O) groups is 1. The number of sulfonamides is 1. The number of ether oxygens (including phenoxy) is 3. The van der Waals surface area contributed by atoms with Gasteiger partial charge in [0.05, 0.1) is 42.0 Å². The highest BCUT2D eigenvalue weighted by molar-refractivity contribution is 7.89. The summed E-state index contributed by atoms with van der Waals surface area (Å²) in [5.41, 5.74) is 1.02. The van der Waals surface area contributed by atoms with E-state index in [9.17, 15) is 13.2 Å². The molecule has 1 amide bonds. The zero-order chi connectivity index (χ0) is 25.6. The van der Waals surface area contributed by atoms with Crippen LogP contribution in [0.1, 0.15) is 5.56 Å². The van der Waals surface area contributed by atoms with E-state index in [0.717, 1.165) is 5.56 Å². The fourth-order valence-electron chi connectivity index (χ4n) is 3.29. The lowest BCUT2D eigenvalue weighted by Crippen LogP contribution is -2.45. The second-order valence-corrected chi connectivity index (χ2v) is 9.86. The average molecular weight is 539 g/mol. The average Bonchev–Trinajstić information content (AvgIpc) is 2.84. The predicted octanol–water partition coefficient (Wildman–Crippen LogP) is 4.55. The van der Waals surface area contributed by atoms with Crippen LogP contribution in [0.4, 0.5) is 5.69 Å². The molecule has 0 spiro atoms. The molecular formula is C24H24Cl2N2O6S. The van der Waals surface area contributed by atoms with Crippen molar-refractivity contribution >= 4 is 44.8 Å². The van der Waals surface area contributed by atoms with E-state index in [1.54, 1.807) is 24.3 Å². The van der Waals surface area contributed by atoms with E-state index in [2.05, 4.69) is 10.0 Å². The number of benzene rings is 3. The van der Waals surface area contributed by atoms with Crippen molar-refractivity contribution in [2.45, 2.75) is 17.4 Å². The molecule has 0 aliphatic heterocycles. The standard InChI is InChI=1S/C24H24Cl2N2O6S/c1-32-21-10-9-16(12-17(21)25)35(30,31)28-20(11-15-7-5-4-6-8-15)24(29)27-19-14-22(33-2)18(26)13-23(19)34-3/h4-10,12-14,20,28H,11H2,1-3H3,(H,27,29)/t20-/m0/s1. The van der Waals surface area contributed by atoms with Crippen molar-refractivity contribution in [3.63, 3.8) is 0 Å². The van der Waals surface area contributed by atoms with E-state index >= 15 is 0 Å². The molecule has 3 rings (SSSR count). The fraction of sp³-hybridized carbons (Fsp3) is 0.208. The van der Waals surface area contributed by atoms with Crippen LogP contribution in [-0.2, 0) is 21.2 Å². The Kier molecular flexibility index (Phi) is 8.85. The van der Waals surface area contributed by atoms with Crippen LogP contribution in [0.3, 0.4) is 0 Å². The first-order chi connectivity index (χ1) is 16.7. The van der Waals surface area contributed by atoms with Crippen molar-refractivity contribution in [3.05, 3.63) is 76.3 Å². The van der Waals surface area contributed by atoms with Crippen LogP contribution >= 0.6 is 23.2 Å². The Balaban J connectivity index is 1.94. The normalized spacial score (nSPS) is 12.0. The molecule has 3 aromatic rings. The molecule has 0 unspecified atom stereocenters. The predicted molar refractivity (Wildman–Crippen MR) is 135 cm³/mol. The highest BCUT2D eigenvalue weighted by Crippen LogP contribution is 2.36. The molecule has 0 saturated heterocycles. The molecule has 3 aromatic carbocycles. The summed E-state index contributed by atoms with van der Waals surface area (Å²) >= 11 is 12.3. The van der Waals surface area contributed by atoms with Crippen molar-refractivity contribution in [2.75, 3.05) is 26.6 Å². The molecule has 0 saturated carbocycles. The summed E-state index contributed by atoms with van der Waals surface area (Å²) < 4.78 is 44.4. The van der Waals surface area contributed by atoms with Gasteiger partial charge in [0, 0.05) is 12.1 Å². The van der Waals surface area contributed by atoms with Gasteiger partial charge in [0.25, 0.3) is 0 Å². The molecule has 186 valence electrons. The zero-order valence-electron chi connectivity index (χ0n) is 19.2. The Bertz CT molecular complexity index is 1300. The van der Waals surface area contributed by atoms with Crippen LogP contribution < -0.4 is 24.2 Å². The van der Waals surface area contributed by atoms with Crippen LogP contribution in [0, 0.1) is 0 Å². The van der Waals surface area contributed by atoms with Gasteiger partial charge in [0.15, 0.2) is 0 Å². The molecule has 0 aliphatic carbocycles. The molecule has 0 aliphatic rings. The fourth-order valence-corrected chi connectivity index (χ4v) is 5.06. The van der Waals surface area contributed by atoms with Crippen LogP contribution in [0.25, 0.3) is 0 Å². The molecule has 11 heteroatoms. The van der Waals surface area contributed by atoms with Crippen LogP contribution in [-0.4, -0.2) is 41.7 Å². The minimum Gasteiger partial charge on any atom is -0.495 e. The largest absolute Gasteiger partial charge is 0.495 e. The van der Waals surface area contributed by atoms with E-state index in [0.29, 0.717) is 16.5 Å². The number of nitrogens with one attached hydrogen (secondary N) is 2. The number of anilines is 1. The Hall–Kier alpha value is -2.98. The lowest BCUT2D eigenvalue weighted by Gasteiger charge is -2.20. The Morgan fingerprint density at radius 1 is 0.857 bits per heavy atom. The third-order valence-electron chi connectivity index (χ3n) is 5.06. The monoisotopic (exact) mass is 538 g/mol. The number of hydrogen-bond donors (Lipinski definition) is 2. The maximum absolute atomic E-state index is 13.3. The van der Waals surface area contributed by atoms with E-state index in [1.807, 2.05) is 6.07 Å². The number of halogens is 2. The summed E-state index contributed by atoms with van der Waals surface area (Å²) in [5, 5.41) is 3.13. The summed E-state index contributed by atoms with van der Waals surface area (Å²) in [6.45, 7) is 0. The van der Waals surface area contributed by atoms with Crippen molar-refractivity contribution in [3.8, 4) is 17.2 Å². The summed E-state index contributed by atoms with van der Waals surface area (Å²) in [4.78, 5) is 13.2. The molecule has 1 atom stereocenters. The van der Waals surface area contributed by atoms with Gasteiger partial charge in [-0.25, -0.2) is 8.42 Å². The minimum absolute atomic E-state index is 0.0861. The molecule has 2 N–H and O–H groups in total. The SMILES string of the molecule is COc1ccc(S(=O)(=O)N[C@@H](Cc2ccccc2)C(=O)Nc2cc(OC)c(Cl)cc2OC)cc1Cl. The first-order valence-electron chi connectivity index (χ1n) is 10.3. The van der Waals surface area contributed by atoms with Gasteiger partial charge >= 0.3 is 0 Å². The highest BCUT2D eigenvalue weighted by Gasteiger charge is 2.28. The van der Waals surface area contributed by atoms with Gasteiger partial charge < -0.3 is 19.5 Å². The van der Waals surface area contributed by atoms with Crippen molar-refractivity contribution in [1.29, 1.82) is 0 Å². The molecule has 0 bridgehead atoms. The lowest BCUT2D eigenvalue weighted by atomic mass is 10.1. The van der Waals surface area contributed by atoms with Crippen LogP contribution in [0.2, 0.25) is 10.0 Å². The van der Waals surface area contributed by atoms with Gasteiger partial charge in [-0.1, -0.05) is 53.5 Å². The first kappa shape index (κ1) is 26.6. The van der Waals surface area contributed by atoms with Gasteiger partial charge in [-0.2, -0.15) is 4.72 Å².